The molecule has 1 amide bonds. The number of fused-ring (bicyclic) bond motifs is 2. The van der Waals surface area contributed by atoms with Gasteiger partial charge in [0, 0.05) is 65.7 Å². The highest BCUT2D eigenvalue weighted by atomic mass is 35.5. The van der Waals surface area contributed by atoms with Gasteiger partial charge in [0.25, 0.3) is 21.5 Å². The first-order chi connectivity index (χ1) is 27.6. The lowest BCUT2D eigenvalue weighted by Gasteiger charge is -2.37. The van der Waals surface area contributed by atoms with Gasteiger partial charge in [0.15, 0.2) is 5.03 Å². The molecule has 19 heteroatoms. The molecular formula is C39H31ClF3N9O4S2. The zero-order chi connectivity index (χ0) is 41.4. The second-order valence-electron chi connectivity index (χ2n) is 13.4. The van der Waals surface area contributed by atoms with Crippen LogP contribution in [0.3, 0.4) is 0 Å². The average molecular weight is 846 g/mol. The van der Waals surface area contributed by atoms with Crippen LogP contribution in [0.4, 0.5) is 19.0 Å². The molecule has 5 aromatic heterocycles. The number of aromatic nitrogens is 5. The summed E-state index contributed by atoms with van der Waals surface area (Å²) in [7, 11) is -2.54. The molecule has 0 spiro atoms. The molecule has 0 atom stereocenters. The van der Waals surface area contributed by atoms with Crippen molar-refractivity contribution in [3.05, 3.63) is 104 Å². The van der Waals surface area contributed by atoms with E-state index in [9.17, 15) is 36.4 Å². The molecule has 296 valence electrons. The van der Waals surface area contributed by atoms with E-state index in [0.717, 1.165) is 0 Å². The molecule has 1 N–H and O–H groups in total. The zero-order valence-electron chi connectivity index (χ0n) is 30.7. The van der Waals surface area contributed by atoms with E-state index >= 15 is 0 Å². The summed E-state index contributed by atoms with van der Waals surface area (Å²) in [4.78, 5) is 47.6. The standard InChI is InChI=1S/C39H31ClF3N9O4S2/c1-23-48-31-20-47-36(50(2)26-11-16-51(17-12-26)22-39(41,42)43)29(19-44)33(31)38(54)52(23)15-5-6-24-8-9-25(40)18-28(24)27-10-14-46-34-30(21-57-35(27)34)37(53)49-58(55,56)32-7-3-4-13-45-32/h3-4,7-10,13-14,18,20-21,26H,11-12,15-17,22H2,1-2H3,(H,49,53). The number of piperidine rings is 1. The normalized spacial score (nSPS) is 13.9. The molecule has 0 saturated carbocycles. The lowest BCUT2D eigenvalue weighted by atomic mass is 10.00. The molecule has 1 aliphatic rings. The Kier molecular flexibility index (Phi) is 11.2. The van der Waals surface area contributed by atoms with Gasteiger partial charge in [-0.05, 0) is 56.2 Å². The number of thiophene rings is 1. The number of carbonyl (C=O) groups is 1. The van der Waals surface area contributed by atoms with Crippen molar-refractivity contribution >= 4 is 65.8 Å². The van der Waals surface area contributed by atoms with Crippen LogP contribution in [0, 0.1) is 30.1 Å². The molecule has 0 radical (unpaired) electrons. The van der Waals surface area contributed by atoms with Gasteiger partial charge in [0.2, 0.25) is 0 Å². The van der Waals surface area contributed by atoms with Crippen molar-refractivity contribution in [3.8, 4) is 29.0 Å². The maximum absolute atomic E-state index is 14.1. The van der Waals surface area contributed by atoms with Crippen molar-refractivity contribution in [2.45, 2.75) is 43.6 Å². The van der Waals surface area contributed by atoms with E-state index < -0.39 is 34.2 Å². The molecule has 1 aliphatic heterocycles. The Morgan fingerprint density at radius 2 is 1.88 bits per heavy atom. The number of amides is 1. The number of nitrogens with zero attached hydrogens (tertiary/aromatic N) is 8. The average Bonchev–Trinajstić information content (AvgIpc) is 3.64. The number of anilines is 1. The number of halogens is 4. The maximum Gasteiger partial charge on any atom is 0.401 e. The summed E-state index contributed by atoms with van der Waals surface area (Å²) >= 11 is 7.63. The summed E-state index contributed by atoms with van der Waals surface area (Å²) in [5.74, 6) is 5.85. The summed E-state index contributed by atoms with van der Waals surface area (Å²) in [5, 5.41) is 11.9. The Morgan fingerprint density at radius 1 is 1.10 bits per heavy atom. The second kappa shape index (κ2) is 16.1. The number of nitrogens with one attached hydrogen (secondary N) is 1. The molecule has 6 aromatic rings. The van der Waals surface area contributed by atoms with E-state index in [1.165, 1.54) is 56.9 Å². The third kappa shape index (κ3) is 8.23. The highest BCUT2D eigenvalue weighted by Gasteiger charge is 2.34. The van der Waals surface area contributed by atoms with E-state index in [0.29, 0.717) is 45.1 Å². The van der Waals surface area contributed by atoms with E-state index in [2.05, 4.69) is 42.6 Å². The number of aryl methyl sites for hydroxylation is 1. The van der Waals surface area contributed by atoms with Crippen molar-refractivity contribution < 1.29 is 26.4 Å². The molecule has 0 aliphatic carbocycles. The van der Waals surface area contributed by atoms with Crippen molar-refractivity contribution in [2.24, 2.45) is 0 Å². The summed E-state index contributed by atoms with van der Waals surface area (Å²) in [6, 6.07) is 13.0. The van der Waals surface area contributed by atoms with Crippen LogP contribution in [0.5, 0.6) is 0 Å². The van der Waals surface area contributed by atoms with Crippen LogP contribution in [0.25, 0.3) is 32.2 Å². The number of benzene rings is 1. The molecular weight excluding hydrogens is 815 g/mol. The van der Waals surface area contributed by atoms with Gasteiger partial charge < -0.3 is 4.90 Å². The van der Waals surface area contributed by atoms with Gasteiger partial charge in [-0.2, -0.15) is 26.9 Å². The Morgan fingerprint density at radius 3 is 2.59 bits per heavy atom. The summed E-state index contributed by atoms with van der Waals surface area (Å²) in [6.07, 6.45) is 0.748. The Balaban J connectivity index is 1.17. The van der Waals surface area contributed by atoms with Gasteiger partial charge in [-0.25, -0.2) is 19.7 Å². The minimum absolute atomic E-state index is 0.0111. The molecule has 58 heavy (non-hydrogen) atoms. The largest absolute Gasteiger partial charge is 0.401 e. The number of likely N-dealkylation sites (tertiary alicyclic amines) is 1. The predicted octanol–water partition coefficient (Wildman–Crippen LogP) is 5.93. The first-order valence-corrected chi connectivity index (χ1v) is 20.3. The third-order valence-corrected chi connectivity index (χ3v) is 12.2. The van der Waals surface area contributed by atoms with E-state index in [1.54, 1.807) is 49.2 Å². The van der Waals surface area contributed by atoms with Gasteiger partial charge in [-0.3, -0.25) is 24.0 Å². The Bertz CT molecular complexity index is 2860. The number of rotatable bonds is 8. The van der Waals surface area contributed by atoms with Crippen molar-refractivity contribution in [2.75, 3.05) is 31.6 Å². The molecule has 7 rings (SSSR count). The van der Waals surface area contributed by atoms with Gasteiger partial charge in [-0.15, -0.1) is 11.3 Å². The summed E-state index contributed by atoms with van der Waals surface area (Å²) in [5.41, 5.74) is 1.78. The van der Waals surface area contributed by atoms with E-state index in [-0.39, 0.29) is 64.1 Å². The summed E-state index contributed by atoms with van der Waals surface area (Å²) < 4.78 is 68.4. The number of sulfonamides is 1. The first-order valence-electron chi connectivity index (χ1n) is 17.6. The van der Waals surface area contributed by atoms with E-state index in [1.807, 2.05) is 0 Å². The number of nitriles is 1. The number of hydrogen-bond donors (Lipinski definition) is 1. The third-order valence-electron chi connectivity index (χ3n) is 9.70. The fraction of sp³-hybridized carbons (Fsp3) is 0.256. The van der Waals surface area contributed by atoms with Gasteiger partial charge >= 0.3 is 6.18 Å². The van der Waals surface area contributed by atoms with Crippen molar-refractivity contribution in [1.82, 2.24) is 34.1 Å². The number of carbonyl (C=O) groups excluding carboxylic acids is 1. The van der Waals surface area contributed by atoms with Crippen LogP contribution in [-0.4, -0.2) is 82.6 Å². The highest BCUT2D eigenvalue weighted by molar-refractivity contribution is 7.90. The summed E-state index contributed by atoms with van der Waals surface area (Å²) in [6.45, 7) is 0.995. The quantitative estimate of drug-likeness (QED) is 0.181. The highest BCUT2D eigenvalue weighted by Crippen LogP contribution is 2.37. The number of hydrogen-bond acceptors (Lipinski definition) is 12. The first kappa shape index (κ1) is 40.3. The molecule has 0 unspecified atom stereocenters. The molecule has 1 fully saturated rings. The lowest BCUT2D eigenvalue weighted by molar-refractivity contribution is -0.147. The van der Waals surface area contributed by atoms with Crippen LogP contribution in [-0.2, 0) is 16.6 Å². The number of alkyl halides is 3. The van der Waals surface area contributed by atoms with Crippen LogP contribution >= 0.6 is 22.9 Å². The van der Waals surface area contributed by atoms with Gasteiger partial charge in [0.1, 0.15) is 23.3 Å². The van der Waals surface area contributed by atoms with Crippen molar-refractivity contribution in [3.63, 3.8) is 0 Å². The zero-order valence-corrected chi connectivity index (χ0v) is 33.1. The van der Waals surface area contributed by atoms with Crippen LogP contribution in [0.1, 0.15) is 40.2 Å². The topological polar surface area (TPSA) is 167 Å². The van der Waals surface area contributed by atoms with Gasteiger partial charge in [0.05, 0.1) is 46.0 Å². The van der Waals surface area contributed by atoms with Gasteiger partial charge in [-0.1, -0.05) is 29.5 Å². The van der Waals surface area contributed by atoms with Crippen LogP contribution < -0.4 is 15.2 Å². The molecule has 1 saturated heterocycles. The lowest BCUT2D eigenvalue weighted by Crippen LogP contribution is -2.46. The minimum Gasteiger partial charge on any atom is -0.355 e. The second-order valence-corrected chi connectivity index (χ2v) is 16.3. The SMILES string of the molecule is Cc1nc2cnc(N(C)C3CCN(CC(F)(F)F)CC3)c(C#N)c2c(=O)n1CC#Cc1ccc(Cl)cc1-c1ccnc2c(C(=O)NS(=O)(=O)c3ccccn3)csc12. The number of pyridine rings is 3. The monoisotopic (exact) mass is 845 g/mol. The molecule has 6 heterocycles. The molecule has 13 nitrogen and oxygen atoms in total. The Hall–Kier alpha value is -5.92. The fourth-order valence-electron chi connectivity index (χ4n) is 6.86. The van der Waals surface area contributed by atoms with Crippen LogP contribution in [0.2, 0.25) is 5.02 Å². The van der Waals surface area contributed by atoms with E-state index in [4.69, 9.17) is 11.6 Å². The van der Waals surface area contributed by atoms with Crippen molar-refractivity contribution in [1.29, 1.82) is 5.26 Å². The smallest absolute Gasteiger partial charge is 0.355 e. The molecule has 1 aromatic carbocycles. The predicted molar refractivity (Wildman–Crippen MR) is 213 cm³/mol. The fourth-order valence-corrected chi connectivity index (χ4v) is 8.99. The van der Waals surface area contributed by atoms with Crippen LogP contribution in [0.15, 0.2) is 76.3 Å². The Labute approximate surface area is 338 Å². The minimum atomic E-state index is -4.29. The maximum atomic E-state index is 14.1. The molecule has 0 bridgehead atoms.